The molecular formula is C16H26N2O. The standard InChI is InChI=1S/C16H26N2O/c1-3-13-7-5-9-15(11-13)19-12-14-8-6-10-18-16(14)17-4-2/h6,8,10,13,15H,3-5,7,9,11-12H2,1-2H3,(H,17,18). The van der Waals surface area contributed by atoms with E-state index in [2.05, 4.69) is 30.2 Å². The van der Waals surface area contributed by atoms with Crippen molar-refractivity contribution in [2.75, 3.05) is 11.9 Å². The minimum absolute atomic E-state index is 0.438. The number of hydrogen-bond donors (Lipinski definition) is 1. The first kappa shape index (κ1) is 14.3. The molecule has 0 bridgehead atoms. The average molecular weight is 262 g/mol. The van der Waals surface area contributed by atoms with Crippen LogP contribution in [0.4, 0.5) is 5.82 Å². The summed E-state index contributed by atoms with van der Waals surface area (Å²) >= 11 is 0. The Kier molecular flexibility index (Phi) is 5.64. The molecule has 2 unspecified atom stereocenters. The molecule has 1 aromatic heterocycles. The summed E-state index contributed by atoms with van der Waals surface area (Å²) in [6.07, 6.45) is 8.70. The average Bonchev–Trinajstić information content (AvgIpc) is 2.47. The highest BCUT2D eigenvalue weighted by molar-refractivity contribution is 5.42. The van der Waals surface area contributed by atoms with Gasteiger partial charge in [-0.2, -0.15) is 0 Å². The quantitative estimate of drug-likeness (QED) is 0.841. The van der Waals surface area contributed by atoms with E-state index in [1.807, 2.05) is 12.3 Å². The van der Waals surface area contributed by atoms with Gasteiger partial charge in [0.25, 0.3) is 0 Å². The molecule has 0 spiro atoms. The largest absolute Gasteiger partial charge is 0.373 e. The van der Waals surface area contributed by atoms with E-state index in [0.717, 1.165) is 18.3 Å². The lowest BCUT2D eigenvalue weighted by Crippen LogP contribution is -2.22. The normalized spacial score (nSPS) is 23.3. The Morgan fingerprint density at radius 3 is 3.05 bits per heavy atom. The molecule has 0 radical (unpaired) electrons. The Morgan fingerprint density at radius 1 is 1.37 bits per heavy atom. The van der Waals surface area contributed by atoms with Crippen molar-refractivity contribution in [2.45, 2.75) is 58.7 Å². The number of anilines is 1. The number of hydrogen-bond acceptors (Lipinski definition) is 3. The van der Waals surface area contributed by atoms with Gasteiger partial charge in [-0.05, 0) is 31.7 Å². The summed E-state index contributed by atoms with van der Waals surface area (Å²) in [5.74, 6) is 1.83. The van der Waals surface area contributed by atoms with Gasteiger partial charge in [-0.1, -0.05) is 32.3 Å². The van der Waals surface area contributed by atoms with Gasteiger partial charge >= 0.3 is 0 Å². The molecule has 1 saturated carbocycles. The highest BCUT2D eigenvalue weighted by Crippen LogP contribution is 2.29. The zero-order chi connectivity index (χ0) is 13.5. The molecule has 1 heterocycles. The fraction of sp³-hybridized carbons (Fsp3) is 0.688. The predicted molar refractivity (Wildman–Crippen MR) is 79.2 cm³/mol. The van der Waals surface area contributed by atoms with Gasteiger partial charge in [-0.3, -0.25) is 0 Å². The van der Waals surface area contributed by atoms with E-state index < -0.39 is 0 Å². The number of nitrogens with one attached hydrogen (secondary N) is 1. The van der Waals surface area contributed by atoms with Crippen LogP contribution in [0, 0.1) is 5.92 Å². The first-order valence-corrected chi connectivity index (χ1v) is 7.62. The Balaban J connectivity index is 1.87. The molecule has 3 heteroatoms. The second-order valence-electron chi connectivity index (χ2n) is 5.42. The molecule has 0 aromatic carbocycles. The van der Waals surface area contributed by atoms with Crippen molar-refractivity contribution in [2.24, 2.45) is 5.92 Å². The zero-order valence-electron chi connectivity index (χ0n) is 12.2. The number of ether oxygens (including phenoxy) is 1. The lowest BCUT2D eigenvalue weighted by molar-refractivity contribution is 0.00191. The van der Waals surface area contributed by atoms with E-state index in [-0.39, 0.29) is 0 Å². The molecule has 2 atom stereocenters. The molecule has 0 aliphatic heterocycles. The van der Waals surface area contributed by atoms with Crippen molar-refractivity contribution in [3.05, 3.63) is 23.9 Å². The molecular weight excluding hydrogens is 236 g/mol. The van der Waals surface area contributed by atoms with Crippen molar-refractivity contribution in [3.63, 3.8) is 0 Å². The maximum atomic E-state index is 6.11. The van der Waals surface area contributed by atoms with E-state index in [0.29, 0.717) is 12.7 Å². The van der Waals surface area contributed by atoms with E-state index >= 15 is 0 Å². The van der Waals surface area contributed by atoms with Crippen LogP contribution in [-0.2, 0) is 11.3 Å². The molecule has 1 aliphatic rings. The lowest BCUT2D eigenvalue weighted by Gasteiger charge is -2.28. The van der Waals surface area contributed by atoms with E-state index in [9.17, 15) is 0 Å². The number of rotatable bonds is 6. The summed E-state index contributed by atoms with van der Waals surface area (Å²) in [5, 5.41) is 3.29. The van der Waals surface area contributed by atoms with Gasteiger partial charge in [0, 0.05) is 18.3 Å². The van der Waals surface area contributed by atoms with Crippen LogP contribution < -0.4 is 5.32 Å². The fourth-order valence-electron chi connectivity index (χ4n) is 2.85. The Morgan fingerprint density at radius 2 is 2.26 bits per heavy atom. The summed E-state index contributed by atoms with van der Waals surface area (Å²) in [5.41, 5.74) is 1.17. The van der Waals surface area contributed by atoms with Gasteiger partial charge in [0.2, 0.25) is 0 Å². The maximum Gasteiger partial charge on any atom is 0.131 e. The number of aromatic nitrogens is 1. The van der Waals surface area contributed by atoms with Crippen LogP contribution >= 0.6 is 0 Å². The third kappa shape index (κ3) is 4.20. The van der Waals surface area contributed by atoms with Gasteiger partial charge in [-0.15, -0.1) is 0 Å². The summed E-state index contributed by atoms with van der Waals surface area (Å²) in [7, 11) is 0. The molecule has 1 aromatic rings. The molecule has 19 heavy (non-hydrogen) atoms. The van der Waals surface area contributed by atoms with Crippen molar-refractivity contribution in [3.8, 4) is 0 Å². The van der Waals surface area contributed by atoms with Gasteiger partial charge < -0.3 is 10.1 Å². The zero-order valence-corrected chi connectivity index (χ0v) is 12.2. The summed E-state index contributed by atoms with van der Waals surface area (Å²) in [6, 6.07) is 4.08. The fourth-order valence-corrected chi connectivity index (χ4v) is 2.85. The van der Waals surface area contributed by atoms with Crippen LogP contribution in [0.3, 0.4) is 0 Å². The van der Waals surface area contributed by atoms with Gasteiger partial charge in [-0.25, -0.2) is 4.98 Å². The third-order valence-corrected chi connectivity index (χ3v) is 4.02. The molecule has 1 fully saturated rings. The summed E-state index contributed by atoms with van der Waals surface area (Å²) < 4.78 is 6.11. The van der Waals surface area contributed by atoms with Crippen LogP contribution in [0.15, 0.2) is 18.3 Å². The first-order chi connectivity index (χ1) is 9.33. The van der Waals surface area contributed by atoms with Crippen molar-refractivity contribution < 1.29 is 4.74 Å². The number of pyridine rings is 1. The molecule has 0 saturated heterocycles. The lowest BCUT2D eigenvalue weighted by atomic mass is 9.85. The maximum absolute atomic E-state index is 6.11. The van der Waals surface area contributed by atoms with Crippen LogP contribution in [0.5, 0.6) is 0 Å². The minimum Gasteiger partial charge on any atom is -0.373 e. The Hall–Kier alpha value is -1.09. The summed E-state index contributed by atoms with van der Waals surface area (Å²) in [4.78, 5) is 4.37. The second kappa shape index (κ2) is 7.49. The van der Waals surface area contributed by atoms with Crippen molar-refractivity contribution >= 4 is 5.82 Å². The monoisotopic (exact) mass is 262 g/mol. The molecule has 0 amide bonds. The van der Waals surface area contributed by atoms with Crippen molar-refractivity contribution in [1.82, 2.24) is 4.98 Å². The van der Waals surface area contributed by atoms with E-state index in [1.165, 1.54) is 37.7 Å². The SMILES string of the molecule is CCNc1ncccc1COC1CCCC(CC)C1. The molecule has 1 aliphatic carbocycles. The van der Waals surface area contributed by atoms with E-state index in [4.69, 9.17) is 4.74 Å². The topological polar surface area (TPSA) is 34.2 Å². The smallest absolute Gasteiger partial charge is 0.131 e. The van der Waals surface area contributed by atoms with Crippen LogP contribution in [-0.4, -0.2) is 17.6 Å². The summed E-state index contributed by atoms with van der Waals surface area (Å²) in [6.45, 7) is 5.95. The van der Waals surface area contributed by atoms with Crippen molar-refractivity contribution in [1.29, 1.82) is 0 Å². The van der Waals surface area contributed by atoms with Gasteiger partial charge in [0.05, 0.1) is 12.7 Å². The molecule has 3 nitrogen and oxygen atoms in total. The van der Waals surface area contributed by atoms with E-state index in [1.54, 1.807) is 0 Å². The minimum atomic E-state index is 0.438. The molecule has 2 rings (SSSR count). The van der Waals surface area contributed by atoms with Crippen LogP contribution in [0.2, 0.25) is 0 Å². The number of nitrogens with zero attached hydrogens (tertiary/aromatic N) is 1. The Bertz CT molecular complexity index is 381. The third-order valence-electron chi connectivity index (χ3n) is 4.02. The van der Waals surface area contributed by atoms with Crippen LogP contribution in [0.1, 0.15) is 51.5 Å². The van der Waals surface area contributed by atoms with Gasteiger partial charge in [0.15, 0.2) is 0 Å². The highest BCUT2D eigenvalue weighted by atomic mass is 16.5. The highest BCUT2D eigenvalue weighted by Gasteiger charge is 2.21. The molecule has 1 N–H and O–H groups in total. The molecule has 106 valence electrons. The van der Waals surface area contributed by atoms with Gasteiger partial charge in [0.1, 0.15) is 5.82 Å². The Labute approximate surface area is 116 Å². The second-order valence-corrected chi connectivity index (χ2v) is 5.42. The first-order valence-electron chi connectivity index (χ1n) is 7.62. The van der Waals surface area contributed by atoms with Crippen LogP contribution in [0.25, 0.3) is 0 Å². The predicted octanol–water partition coefficient (Wildman–Crippen LogP) is 4.00.